The van der Waals surface area contributed by atoms with Gasteiger partial charge in [0.25, 0.3) is 11.7 Å². The van der Waals surface area contributed by atoms with Gasteiger partial charge in [-0.25, -0.2) is 0 Å². The summed E-state index contributed by atoms with van der Waals surface area (Å²) < 4.78 is 5.24. The first-order valence-corrected chi connectivity index (χ1v) is 9.58. The van der Waals surface area contributed by atoms with Crippen molar-refractivity contribution in [2.45, 2.75) is 13.0 Å². The number of anilines is 1. The fourth-order valence-corrected chi connectivity index (χ4v) is 3.73. The lowest BCUT2D eigenvalue weighted by molar-refractivity contribution is -0.132. The number of Topliss-reactive ketones (excluding diaryl/α,β-unsaturated/α-hetero) is 1. The van der Waals surface area contributed by atoms with Gasteiger partial charge in [-0.05, 0) is 42.3 Å². The molecule has 3 aromatic rings. The number of nitrogens with zero attached hydrogens (tertiary/aromatic N) is 1. The molecule has 0 spiro atoms. The van der Waals surface area contributed by atoms with Crippen molar-refractivity contribution in [2.75, 3.05) is 12.0 Å². The average Bonchev–Trinajstić information content (AvgIpc) is 3.04. The van der Waals surface area contributed by atoms with Crippen molar-refractivity contribution in [3.05, 3.63) is 101 Å². The van der Waals surface area contributed by atoms with Crippen molar-refractivity contribution < 1.29 is 19.4 Å². The summed E-state index contributed by atoms with van der Waals surface area (Å²) in [7, 11) is 1.57. The smallest absolute Gasteiger partial charge is 0.300 e. The number of amides is 1. The first-order valence-electron chi connectivity index (χ1n) is 9.58. The van der Waals surface area contributed by atoms with Crippen LogP contribution in [0.5, 0.6) is 5.75 Å². The summed E-state index contributed by atoms with van der Waals surface area (Å²) in [6.45, 7) is 1.92. The Hall–Kier alpha value is -3.86. The molecule has 0 radical (unpaired) electrons. The summed E-state index contributed by atoms with van der Waals surface area (Å²) in [6.07, 6.45) is 0. The molecule has 1 heterocycles. The van der Waals surface area contributed by atoms with E-state index in [-0.39, 0.29) is 11.3 Å². The molecule has 150 valence electrons. The zero-order valence-corrected chi connectivity index (χ0v) is 16.7. The van der Waals surface area contributed by atoms with E-state index in [1.165, 1.54) is 4.90 Å². The number of carbonyl (C=O) groups excluding carboxylic acids is 2. The molecule has 1 fully saturated rings. The van der Waals surface area contributed by atoms with E-state index in [4.69, 9.17) is 4.74 Å². The molecule has 1 atom stereocenters. The van der Waals surface area contributed by atoms with Crippen molar-refractivity contribution in [3.63, 3.8) is 0 Å². The Kier molecular flexibility index (Phi) is 5.11. The third-order valence-electron chi connectivity index (χ3n) is 5.20. The van der Waals surface area contributed by atoms with Crippen molar-refractivity contribution in [1.82, 2.24) is 0 Å². The molecule has 0 bridgehead atoms. The molecule has 0 saturated carbocycles. The molecule has 1 aliphatic heterocycles. The standard InChI is InChI=1S/C25H21NO4/c1-16-7-6-10-19(15-16)26-22(17-11-13-20(30-2)14-12-17)21(24(28)25(26)29)23(27)18-8-4-3-5-9-18/h3-15,22,27H,1-2H3/b23-21+/t22-/m1/s1. The number of aliphatic hydroxyl groups is 1. The number of aryl methyl sites for hydroxylation is 1. The summed E-state index contributed by atoms with van der Waals surface area (Å²) in [5.74, 6) is -0.906. The van der Waals surface area contributed by atoms with Crippen LogP contribution in [-0.2, 0) is 9.59 Å². The Labute approximate surface area is 174 Å². The quantitative estimate of drug-likeness (QED) is 0.395. The highest BCUT2D eigenvalue weighted by Gasteiger charge is 2.46. The van der Waals surface area contributed by atoms with Crippen molar-refractivity contribution >= 4 is 23.1 Å². The lowest BCUT2D eigenvalue weighted by Crippen LogP contribution is -2.29. The van der Waals surface area contributed by atoms with Gasteiger partial charge in [0.1, 0.15) is 11.5 Å². The second-order valence-corrected chi connectivity index (χ2v) is 7.15. The predicted octanol–water partition coefficient (Wildman–Crippen LogP) is 4.63. The van der Waals surface area contributed by atoms with Gasteiger partial charge < -0.3 is 9.84 Å². The molecule has 0 aliphatic carbocycles. The summed E-state index contributed by atoms with van der Waals surface area (Å²) in [4.78, 5) is 27.6. The number of aliphatic hydroxyl groups excluding tert-OH is 1. The van der Waals surface area contributed by atoms with Gasteiger partial charge in [-0.3, -0.25) is 14.5 Å². The molecule has 4 rings (SSSR count). The third kappa shape index (κ3) is 3.35. The van der Waals surface area contributed by atoms with Crippen LogP contribution in [0, 0.1) is 6.92 Å². The second kappa shape index (κ2) is 7.87. The molecule has 5 heteroatoms. The van der Waals surface area contributed by atoms with Gasteiger partial charge in [0.05, 0.1) is 18.7 Å². The SMILES string of the molecule is COc1ccc([C@@H]2/C(=C(\O)c3ccccc3)C(=O)C(=O)N2c2cccc(C)c2)cc1. The van der Waals surface area contributed by atoms with Crippen LogP contribution in [0.15, 0.2) is 84.4 Å². The van der Waals surface area contributed by atoms with Crippen molar-refractivity contribution in [3.8, 4) is 5.75 Å². The topological polar surface area (TPSA) is 66.8 Å². The zero-order valence-electron chi connectivity index (χ0n) is 16.7. The van der Waals surface area contributed by atoms with E-state index in [9.17, 15) is 14.7 Å². The Morgan fingerprint density at radius 2 is 1.63 bits per heavy atom. The maximum atomic E-state index is 13.1. The van der Waals surface area contributed by atoms with Crippen LogP contribution in [0.2, 0.25) is 0 Å². The molecule has 1 saturated heterocycles. The molecule has 1 N–H and O–H groups in total. The van der Waals surface area contributed by atoms with Crippen LogP contribution in [0.1, 0.15) is 22.7 Å². The van der Waals surface area contributed by atoms with E-state index in [0.29, 0.717) is 22.6 Å². The van der Waals surface area contributed by atoms with Crippen LogP contribution in [-0.4, -0.2) is 23.9 Å². The Morgan fingerprint density at radius 3 is 2.27 bits per heavy atom. The van der Waals surface area contributed by atoms with Crippen LogP contribution in [0.3, 0.4) is 0 Å². The highest BCUT2D eigenvalue weighted by atomic mass is 16.5. The van der Waals surface area contributed by atoms with E-state index in [1.54, 1.807) is 61.7 Å². The van der Waals surface area contributed by atoms with E-state index in [2.05, 4.69) is 0 Å². The maximum absolute atomic E-state index is 13.1. The van der Waals surface area contributed by atoms with E-state index < -0.39 is 17.7 Å². The normalized spacial score (nSPS) is 17.9. The van der Waals surface area contributed by atoms with Gasteiger partial charge in [-0.2, -0.15) is 0 Å². The summed E-state index contributed by atoms with van der Waals surface area (Å²) in [5.41, 5.74) is 2.82. The molecule has 1 aliphatic rings. The van der Waals surface area contributed by atoms with Gasteiger partial charge >= 0.3 is 0 Å². The maximum Gasteiger partial charge on any atom is 0.300 e. The minimum Gasteiger partial charge on any atom is -0.507 e. The second-order valence-electron chi connectivity index (χ2n) is 7.15. The molecule has 30 heavy (non-hydrogen) atoms. The highest BCUT2D eigenvalue weighted by molar-refractivity contribution is 6.51. The number of benzene rings is 3. The van der Waals surface area contributed by atoms with Crippen molar-refractivity contribution in [1.29, 1.82) is 0 Å². The Morgan fingerprint density at radius 1 is 0.933 bits per heavy atom. The van der Waals surface area contributed by atoms with Crippen LogP contribution < -0.4 is 9.64 Å². The van der Waals surface area contributed by atoms with Crippen molar-refractivity contribution in [2.24, 2.45) is 0 Å². The number of rotatable bonds is 4. The summed E-state index contributed by atoms with van der Waals surface area (Å²) >= 11 is 0. The van der Waals surface area contributed by atoms with E-state index in [1.807, 2.05) is 31.2 Å². The summed E-state index contributed by atoms with van der Waals surface area (Å²) in [6, 6.07) is 22.6. The van der Waals surface area contributed by atoms with E-state index in [0.717, 1.165) is 5.56 Å². The number of hydrogen-bond acceptors (Lipinski definition) is 4. The van der Waals surface area contributed by atoms with E-state index >= 15 is 0 Å². The van der Waals surface area contributed by atoms with Crippen LogP contribution in [0.4, 0.5) is 5.69 Å². The lowest BCUT2D eigenvalue weighted by atomic mass is 9.95. The van der Waals surface area contributed by atoms with Crippen LogP contribution in [0.25, 0.3) is 5.76 Å². The average molecular weight is 399 g/mol. The van der Waals surface area contributed by atoms with Gasteiger partial charge in [-0.15, -0.1) is 0 Å². The molecule has 3 aromatic carbocycles. The number of carbonyl (C=O) groups is 2. The lowest BCUT2D eigenvalue weighted by Gasteiger charge is -2.26. The zero-order chi connectivity index (χ0) is 21.3. The Bertz CT molecular complexity index is 1130. The molecular formula is C25H21NO4. The minimum atomic E-state index is -0.752. The highest BCUT2D eigenvalue weighted by Crippen LogP contribution is 2.42. The molecule has 1 amide bonds. The molecule has 0 aromatic heterocycles. The van der Waals surface area contributed by atoms with Gasteiger partial charge in [0, 0.05) is 11.3 Å². The largest absolute Gasteiger partial charge is 0.507 e. The molecule has 5 nitrogen and oxygen atoms in total. The first kappa shape index (κ1) is 19.5. The summed E-state index contributed by atoms with van der Waals surface area (Å²) in [5, 5.41) is 11.0. The van der Waals surface area contributed by atoms with Gasteiger partial charge in [0.2, 0.25) is 0 Å². The number of ketones is 1. The fourth-order valence-electron chi connectivity index (χ4n) is 3.73. The fraction of sp³-hybridized carbons (Fsp3) is 0.120. The Balaban J connectivity index is 1.94. The predicted molar refractivity (Wildman–Crippen MR) is 115 cm³/mol. The monoisotopic (exact) mass is 399 g/mol. The minimum absolute atomic E-state index is 0.0675. The molecular weight excluding hydrogens is 378 g/mol. The number of methoxy groups -OCH3 is 1. The number of ether oxygens (including phenoxy) is 1. The first-order chi connectivity index (χ1) is 14.5. The van der Waals surface area contributed by atoms with Gasteiger partial charge in [0.15, 0.2) is 0 Å². The third-order valence-corrected chi connectivity index (χ3v) is 5.20. The molecule has 0 unspecified atom stereocenters. The van der Waals surface area contributed by atoms with Crippen LogP contribution >= 0.6 is 0 Å². The van der Waals surface area contributed by atoms with Gasteiger partial charge in [-0.1, -0.05) is 54.6 Å². The number of hydrogen-bond donors (Lipinski definition) is 1.